The minimum atomic E-state index is -1.75. The normalized spacial score (nSPS) is 11.7. The average Bonchev–Trinajstić information content (AvgIpc) is 2.16. The van der Waals surface area contributed by atoms with E-state index in [1.54, 1.807) is 0 Å². The largest absolute Gasteiger partial charge is 0.517 e. The lowest BCUT2D eigenvalue weighted by atomic mass is 10.1. The predicted molar refractivity (Wildman–Crippen MR) is 68.7 cm³/mol. The molecular weight excluding hydrogens is 216 g/mol. The zero-order valence-electron chi connectivity index (χ0n) is 10.1. The van der Waals surface area contributed by atoms with Crippen molar-refractivity contribution in [2.45, 2.75) is 26.1 Å². The van der Waals surface area contributed by atoms with Crippen LogP contribution < -0.4 is 0 Å². The van der Waals surface area contributed by atoms with Crippen molar-refractivity contribution in [3.63, 3.8) is 0 Å². The van der Waals surface area contributed by atoms with Crippen molar-refractivity contribution in [2.75, 3.05) is 0 Å². The van der Waals surface area contributed by atoms with Crippen LogP contribution in [-0.4, -0.2) is 14.3 Å². The first-order valence-corrected chi connectivity index (χ1v) is 8.82. The number of benzene rings is 1. The van der Waals surface area contributed by atoms with Crippen LogP contribution in [0.2, 0.25) is 19.6 Å². The van der Waals surface area contributed by atoms with Crippen LogP contribution in [0.4, 0.5) is 0 Å². The summed E-state index contributed by atoms with van der Waals surface area (Å²) < 4.78 is 5.29. The molecule has 1 rings (SSSR count). The van der Waals surface area contributed by atoms with Crippen LogP contribution in [0, 0.1) is 0 Å². The molecule has 0 fully saturated rings. The molecular formula is C13H18O2Si. The van der Waals surface area contributed by atoms with Crippen molar-refractivity contribution < 1.29 is 9.22 Å². The van der Waals surface area contributed by atoms with E-state index < -0.39 is 8.32 Å². The van der Waals surface area contributed by atoms with Gasteiger partial charge < -0.3 is 4.43 Å². The number of carbonyl (C=O) groups is 1. The minimum absolute atomic E-state index is 0.227. The summed E-state index contributed by atoms with van der Waals surface area (Å²) in [5.74, 6) is -0.227. The first-order chi connectivity index (χ1) is 7.47. The molecule has 0 aromatic heterocycles. The van der Waals surface area contributed by atoms with Crippen molar-refractivity contribution in [3.8, 4) is 0 Å². The van der Waals surface area contributed by atoms with Crippen LogP contribution in [0.1, 0.15) is 5.56 Å². The highest BCUT2D eigenvalue weighted by atomic mass is 28.4. The Morgan fingerprint density at radius 3 is 2.44 bits per heavy atom. The summed E-state index contributed by atoms with van der Waals surface area (Å²) in [6.45, 7) is 5.99. The molecule has 0 aliphatic rings. The molecule has 86 valence electrons. The van der Waals surface area contributed by atoms with Crippen LogP contribution in [0.3, 0.4) is 0 Å². The lowest BCUT2D eigenvalue weighted by molar-refractivity contribution is -0.129. The van der Waals surface area contributed by atoms with E-state index in [1.165, 1.54) is 11.6 Å². The fourth-order valence-electron chi connectivity index (χ4n) is 1.24. The van der Waals surface area contributed by atoms with Crippen molar-refractivity contribution in [1.29, 1.82) is 0 Å². The third-order valence-electron chi connectivity index (χ3n) is 1.86. The SMILES string of the molecule is C[Si](C)(C)OC(=O)/C=C/Cc1ccccc1. The molecule has 0 unspecified atom stereocenters. The lowest BCUT2D eigenvalue weighted by Gasteiger charge is -2.15. The number of hydrogen-bond donors (Lipinski definition) is 0. The van der Waals surface area contributed by atoms with Gasteiger partial charge in [-0.25, -0.2) is 4.79 Å². The molecule has 0 saturated heterocycles. The summed E-state index contributed by atoms with van der Waals surface area (Å²) in [7, 11) is -1.75. The molecule has 0 spiro atoms. The minimum Gasteiger partial charge on any atom is -0.517 e. The van der Waals surface area contributed by atoms with Gasteiger partial charge in [0.1, 0.15) is 0 Å². The lowest BCUT2D eigenvalue weighted by Crippen LogP contribution is -2.28. The molecule has 1 aromatic rings. The topological polar surface area (TPSA) is 26.3 Å². The molecule has 0 bridgehead atoms. The summed E-state index contributed by atoms with van der Waals surface area (Å²) in [6.07, 6.45) is 4.13. The monoisotopic (exact) mass is 234 g/mol. The third kappa shape index (κ3) is 5.51. The van der Waals surface area contributed by atoms with E-state index in [0.717, 1.165) is 6.42 Å². The maximum Gasteiger partial charge on any atom is 0.317 e. The molecule has 16 heavy (non-hydrogen) atoms. The van der Waals surface area contributed by atoms with Gasteiger partial charge in [0.2, 0.25) is 8.32 Å². The Balaban J connectivity index is 2.41. The Kier molecular flexibility index (Phi) is 4.49. The quantitative estimate of drug-likeness (QED) is 0.591. The van der Waals surface area contributed by atoms with Crippen LogP contribution in [0.5, 0.6) is 0 Å². The molecule has 0 heterocycles. The van der Waals surface area contributed by atoms with E-state index in [-0.39, 0.29) is 5.97 Å². The molecule has 1 aromatic carbocycles. The first kappa shape index (κ1) is 12.7. The predicted octanol–water partition coefficient (Wildman–Crippen LogP) is 3.16. The van der Waals surface area contributed by atoms with E-state index >= 15 is 0 Å². The Morgan fingerprint density at radius 1 is 1.25 bits per heavy atom. The zero-order valence-corrected chi connectivity index (χ0v) is 11.1. The number of allylic oxidation sites excluding steroid dienone is 1. The molecule has 0 radical (unpaired) electrons. The Morgan fingerprint density at radius 2 is 1.88 bits per heavy atom. The van der Waals surface area contributed by atoms with E-state index in [1.807, 2.05) is 56.0 Å². The van der Waals surface area contributed by atoms with E-state index in [2.05, 4.69) is 0 Å². The van der Waals surface area contributed by atoms with E-state index in [0.29, 0.717) is 0 Å². The van der Waals surface area contributed by atoms with E-state index in [4.69, 9.17) is 4.43 Å². The van der Waals surface area contributed by atoms with Crippen LogP contribution >= 0.6 is 0 Å². The smallest absolute Gasteiger partial charge is 0.317 e. The third-order valence-corrected chi connectivity index (χ3v) is 2.67. The van der Waals surface area contributed by atoms with Gasteiger partial charge in [-0.1, -0.05) is 36.4 Å². The Bertz CT molecular complexity index is 363. The van der Waals surface area contributed by atoms with Gasteiger partial charge in [-0.2, -0.15) is 0 Å². The fourth-order valence-corrected chi connectivity index (χ4v) is 1.91. The van der Waals surface area contributed by atoms with Gasteiger partial charge in [0.25, 0.3) is 0 Å². The highest BCUT2D eigenvalue weighted by Gasteiger charge is 2.17. The molecule has 0 amide bonds. The Hall–Kier alpha value is -1.35. The van der Waals surface area contributed by atoms with Crippen LogP contribution in [-0.2, 0) is 15.6 Å². The summed E-state index contributed by atoms with van der Waals surface area (Å²) in [5, 5.41) is 0. The molecule has 0 atom stereocenters. The molecule has 0 saturated carbocycles. The second-order valence-electron chi connectivity index (χ2n) is 4.63. The first-order valence-electron chi connectivity index (χ1n) is 5.41. The average molecular weight is 234 g/mol. The summed E-state index contributed by atoms with van der Waals surface area (Å²) in [5.41, 5.74) is 1.19. The fraction of sp³-hybridized carbons (Fsp3) is 0.308. The number of rotatable bonds is 4. The Labute approximate surface area is 98.1 Å². The van der Waals surface area contributed by atoms with E-state index in [9.17, 15) is 4.79 Å². The molecule has 3 heteroatoms. The highest BCUT2D eigenvalue weighted by Crippen LogP contribution is 2.04. The summed E-state index contributed by atoms with van der Waals surface area (Å²) in [4.78, 5) is 11.4. The molecule has 0 aliphatic heterocycles. The van der Waals surface area contributed by atoms with Gasteiger partial charge in [-0.05, 0) is 31.6 Å². The zero-order chi connectivity index (χ0) is 12.0. The van der Waals surface area contributed by atoms with Gasteiger partial charge in [0, 0.05) is 6.08 Å². The standard InChI is InChI=1S/C13H18O2Si/c1-16(2,3)15-13(14)11-7-10-12-8-5-4-6-9-12/h4-9,11H,10H2,1-3H3/b11-7+. The second kappa shape index (κ2) is 5.65. The van der Waals surface area contributed by atoms with Crippen molar-refractivity contribution in [1.82, 2.24) is 0 Å². The van der Waals surface area contributed by atoms with Crippen LogP contribution in [0.25, 0.3) is 0 Å². The van der Waals surface area contributed by atoms with Gasteiger partial charge in [-0.3, -0.25) is 0 Å². The van der Waals surface area contributed by atoms with Crippen molar-refractivity contribution in [3.05, 3.63) is 48.0 Å². The van der Waals surface area contributed by atoms with Gasteiger partial charge >= 0.3 is 5.97 Å². The van der Waals surface area contributed by atoms with Crippen molar-refractivity contribution >= 4 is 14.3 Å². The number of carbonyl (C=O) groups excluding carboxylic acids is 1. The van der Waals surface area contributed by atoms with Crippen LogP contribution in [0.15, 0.2) is 42.5 Å². The van der Waals surface area contributed by atoms with Gasteiger partial charge in [0.15, 0.2) is 0 Å². The summed E-state index contributed by atoms with van der Waals surface area (Å²) >= 11 is 0. The molecule has 2 nitrogen and oxygen atoms in total. The maximum atomic E-state index is 11.4. The molecule has 0 N–H and O–H groups in total. The van der Waals surface area contributed by atoms with Crippen molar-refractivity contribution in [2.24, 2.45) is 0 Å². The summed E-state index contributed by atoms with van der Waals surface area (Å²) in [6, 6.07) is 10.0. The molecule has 0 aliphatic carbocycles. The van der Waals surface area contributed by atoms with Gasteiger partial charge in [0.05, 0.1) is 0 Å². The second-order valence-corrected chi connectivity index (χ2v) is 9.05. The van der Waals surface area contributed by atoms with Gasteiger partial charge in [-0.15, -0.1) is 0 Å². The maximum absolute atomic E-state index is 11.4. The highest BCUT2D eigenvalue weighted by molar-refractivity contribution is 6.71. The number of hydrogen-bond acceptors (Lipinski definition) is 2.